The Kier molecular flexibility index (Phi) is 5.32. The zero-order chi connectivity index (χ0) is 21.6. The van der Waals surface area contributed by atoms with Crippen LogP contribution in [0.15, 0.2) is 36.5 Å². The number of fused-ring (bicyclic) bond motifs is 1. The molecule has 1 saturated heterocycles. The lowest BCUT2D eigenvalue weighted by molar-refractivity contribution is 0.0659. The molecule has 4 unspecified atom stereocenters. The molecule has 1 aromatic carbocycles. The van der Waals surface area contributed by atoms with Gasteiger partial charge in [-0.1, -0.05) is 25.6 Å². The van der Waals surface area contributed by atoms with E-state index in [-0.39, 0.29) is 11.8 Å². The summed E-state index contributed by atoms with van der Waals surface area (Å²) in [5, 5.41) is 9.47. The van der Waals surface area contributed by atoms with Crippen molar-refractivity contribution in [2.75, 3.05) is 26.2 Å². The Morgan fingerprint density at radius 3 is 2.32 bits per heavy atom. The van der Waals surface area contributed by atoms with E-state index < -0.39 is 0 Å². The van der Waals surface area contributed by atoms with Crippen LogP contribution in [0.2, 0.25) is 0 Å². The number of carbonyl (C=O) groups is 1. The first-order valence-corrected chi connectivity index (χ1v) is 12.2. The second-order valence-electron chi connectivity index (χ2n) is 10.7. The first-order chi connectivity index (χ1) is 15.0. The van der Waals surface area contributed by atoms with E-state index in [1.807, 2.05) is 17.0 Å². The van der Waals surface area contributed by atoms with Gasteiger partial charge in [0, 0.05) is 48.8 Å². The standard InChI is InChI=1S/C27H35N3O/c1-19(27(2)11-12-27)29-13-15-30(16-14-29)26(31)22-7-3-20(4-8-22)23-9-5-21-6-10-24(18-28)25(21)17-23/h3-4,7-8,21,23-25H,1,5-6,9-17H2,2H3. The van der Waals surface area contributed by atoms with Gasteiger partial charge in [0.15, 0.2) is 0 Å². The van der Waals surface area contributed by atoms with Gasteiger partial charge in [0.25, 0.3) is 5.91 Å². The van der Waals surface area contributed by atoms with Gasteiger partial charge in [0.2, 0.25) is 0 Å². The molecule has 0 spiro atoms. The molecule has 0 bridgehead atoms. The number of rotatable bonds is 4. The second kappa shape index (κ2) is 8.01. The molecule has 5 rings (SSSR count). The fourth-order valence-corrected chi connectivity index (χ4v) is 6.31. The molecule has 4 aliphatic rings. The molecule has 4 heteroatoms. The van der Waals surface area contributed by atoms with E-state index >= 15 is 0 Å². The fourth-order valence-electron chi connectivity index (χ4n) is 6.31. The van der Waals surface area contributed by atoms with E-state index in [1.165, 1.54) is 43.4 Å². The monoisotopic (exact) mass is 417 g/mol. The van der Waals surface area contributed by atoms with Crippen molar-refractivity contribution >= 4 is 5.91 Å². The average molecular weight is 418 g/mol. The van der Waals surface area contributed by atoms with Crippen LogP contribution in [0.25, 0.3) is 0 Å². The molecule has 3 aliphatic carbocycles. The third-order valence-corrected chi connectivity index (χ3v) is 8.85. The third kappa shape index (κ3) is 3.88. The number of piperazine rings is 1. The molecule has 164 valence electrons. The molecule has 1 aliphatic heterocycles. The highest BCUT2D eigenvalue weighted by atomic mass is 16.2. The summed E-state index contributed by atoms with van der Waals surface area (Å²) in [6.45, 7) is 9.96. The Morgan fingerprint density at radius 2 is 1.68 bits per heavy atom. The van der Waals surface area contributed by atoms with Crippen molar-refractivity contribution in [1.29, 1.82) is 5.26 Å². The summed E-state index contributed by atoms with van der Waals surface area (Å²) in [6, 6.07) is 10.9. The predicted molar refractivity (Wildman–Crippen MR) is 122 cm³/mol. The Labute approximate surface area is 186 Å². The summed E-state index contributed by atoms with van der Waals surface area (Å²) in [5.41, 5.74) is 3.72. The summed E-state index contributed by atoms with van der Waals surface area (Å²) in [5.74, 6) is 2.29. The smallest absolute Gasteiger partial charge is 0.253 e. The molecule has 0 aromatic heterocycles. The van der Waals surface area contributed by atoms with Crippen molar-refractivity contribution in [1.82, 2.24) is 9.80 Å². The zero-order valence-corrected chi connectivity index (χ0v) is 18.9. The van der Waals surface area contributed by atoms with Crippen molar-refractivity contribution < 1.29 is 4.79 Å². The third-order valence-electron chi connectivity index (χ3n) is 8.85. The minimum Gasteiger partial charge on any atom is -0.371 e. The number of carbonyl (C=O) groups excluding carboxylic acids is 1. The highest BCUT2D eigenvalue weighted by Crippen LogP contribution is 2.52. The van der Waals surface area contributed by atoms with Gasteiger partial charge in [0.05, 0.1) is 6.07 Å². The van der Waals surface area contributed by atoms with Gasteiger partial charge in [-0.15, -0.1) is 0 Å². The molecule has 0 radical (unpaired) electrons. The molecule has 3 saturated carbocycles. The minimum atomic E-state index is 0.151. The van der Waals surface area contributed by atoms with Gasteiger partial charge < -0.3 is 9.80 Å². The lowest BCUT2D eigenvalue weighted by Crippen LogP contribution is -2.48. The second-order valence-corrected chi connectivity index (χ2v) is 10.7. The lowest BCUT2D eigenvalue weighted by Gasteiger charge is -2.39. The summed E-state index contributed by atoms with van der Waals surface area (Å²) in [4.78, 5) is 17.4. The van der Waals surface area contributed by atoms with Crippen LogP contribution in [0.1, 0.15) is 73.7 Å². The van der Waals surface area contributed by atoms with Crippen molar-refractivity contribution in [2.24, 2.45) is 23.2 Å². The number of benzene rings is 1. The first-order valence-electron chi connectivity index (χ1n) is 12.2. The summed E-state index contributed by atoms with van der Waals surface area (Å²) in [6.07, 6.45) is 8.43. The number of hydrogen-bond acceptors (Lipinski definition) is 3. The van der Waals surface area contributed by atoms with E-state index in [0.29, 0.717) is 17.3 Å². The fraction of sp³-hybridized carbons (Fsp3) is 0.630. The largest absolute Gasteiger partial charge is 0.371 e. The maximum atomic E-state index is 13.1. The average Bonchev–Trinajstić information content (AvgIpc) is 3.44. The molecule has 31 heavy (non-hydrogen) atoms. The molecular weight excluding hydrogens is 382 g/mol. The van der Waals surface area contributed by atoms with Crippen LogP contribution in [0.4, 0.5) is 0 Å². The van der Waals surface area contributed by atoms with Crippen LogP contribution >= 0.6 is 0 Å². The van der Waals surface area contributed by atoms with Gasteiger partial charge in [-0.05, 0) is 80.4 Å². The zero-order valence-electron chi connectivity index (χ0n) is 18.9. The van der Waals surface area contributed by atoms with Gasteiger partial charge >= 0.3 is 0 Å². The predicted octanol–water partition coefficient (Wildman–Crippen LogP) is 5.19. The minimum absolute atomic E-state index is 0.151. The Morgan fingerprint density at radius 1 is 1.03 bits per heavy atom. The van der Waals surface area contributed by atoms with Gasteiger partial charge in [0.1, 0.15) is 0 Å². The molecular formula is C27H35N3O. The summed E-state index contributed by atoms with van der Waals surface area (Å²) in [7, 11) is 0. The Bertz CT molecular complexity index is 886. The molecule has 4 atom stereocenters. The van der Waals surface area contributed by atoms with Gasteiger partial charge in [-0.25, -0.2) is 0 Å². The van der Waals surface area contributed by atoms with Crippen LogP contribution in [0.3, 0.4) is 0 Å². The molecule has 1 amide bonds. The van der Waals surface area contributed by atoms with Crippen molar-refractivity contribution in [3.8, 4) is 6.07 Å². The number of nitrogens with zero attached hydrogens (tertiary/aromatic N) is 3. The Hall–Kier alpha value is -2.28. The topological polar surface area (TPSA) is 47.3 Å². The van der Waals surface area contributed by atoms with Crippen molar-refractivity contribution in [3.05, 3.63) is 47.7 Å². The molecule has 1 aromatic rings. The van der Waals surface area contributed by atoms with E-state index in [4.69, 9.17) is 0 Å². The SMILES string of the molecule is C=C(N1CCN(C(=O)c2ccc(C3CCC4CCC(C#N)C4C3)cc2)CC1)C1(C)CC1. The van der Waals surface area contributed by atoms with Crippen LogP contribution in [0, 0.1) is 34.5 Å². The highest BCUT2D eigenvalue weighted by molar-refractivity contribution is 5.94. The van der Waals surface area contributed by atoms with E-state index in [9.17, 15) is 10.1 Å². The number of hydrogen-bond donors (Lipinski definition) is 0. The maximum Gasteiger partial charge on any atom is 0.253 e. The quantitative estimate of drug-likeness (QED) is 0.677. The van der Waals surface area contributed by atoms with Crippen LogP contribution in [-0.4, -0.2) is 41.9 Å². The molecule has 4 fully saturated rings. The van der Waals surface area contributed by atoms with Crippen molar-refractivity contribution in [2.45, 2.75) is 57.8 Å². The van der Waals surface area contributed by atoms with Crippen molar-refractivity contribution in [3.63, 3.8) is 0 Å². The lowest BCUT2D eigenvalue weighted by atomic mass is 9.71. The van der Waals surface area contributed by atoms with Gasteiger partial charge in [-0.2, -0.15) is 5.26 Å². The van der Waals surface area contributed by atoms with Gasteiger partial charge in [-0.3, -0.25) is 4.79 Å². The maximum absolute atomic E-state index is 13.1. The number of nitriles is 1. The number of amides is 1. The molecule has 0 N–H and O–H groups in total. The van der Waals surface area contributed by atoms with Crippen LogP contribution in [-0.2, 0) is 0 Å². The van der Waals surface area contributed by atoms with E-state index in [2.05, 4.69) is 36.6 Å². The summed E-state index contributed by atoms with van der Waals surface area (Å²) >= 11 is 0. The van der Waals surface area contributed by atoms with E-state index in [1.54, 1.807) is 0 Å². The normalized spacial score (nSPS) is 31.6. The van der Waals surface area contributed by atoms with Crippen LogP contribution in [0.5, 0.6) is 0 Å². The number of allylic oxidation sites excluding steroid dienone is 1. The van der Waals surface area contributed by atoms with Crippen LogP contribution < -0.4 is 0 Å². The molecule has 1 heterocycles. The highest BCUT2D eigenvalue weighted by Gasteiger charge is 2.43. The molecule has 4 nitrogen and oxygen atoms in total. The Balaban J connectivity index is 1.18. The summed E-state index contributed by atoms with van der Waals surface area (Å²) < 4.78 is 0. The van der Waals surface area contributed by atoms with E-state index in [0.717, 1.165) is 50.5 Å². The first kappa shape index (κ1) is 20.6.